The molecule has 0 unspecified atom stereocenters. The maximum absolute atomic E-state index is 4.93. The van der Waals surface area contributed by atoms with Crippen molar-refractivity contribution >= 4 is 21.8 Å². The number of para-hydroxylation sites is 1. The summed E-state index contributed by atoms with van der Waals surface area (Å²) in [7, 11) is 0. The van der Waals surface area contributed by atoms with Crippen LogP contribution in [-0.2, 0) is 5.41 Å². The molecular formula is C40H28N6. The third kappa shape index (κ3) is 4.00. The molecule has 0 aliphatic heterocycles. The van der Waals surface area contributed by atoms with E-state index in [4.69, 9.17) is 24.9 Å². The standard InChI is InChI=1S/C40H28N6/c1-40(2)32-24-34-30(23-31(32)35-36(40)42-22-21-41-35)29-15-9-10-16-33(29)46(34)28-19-17-27(18-20-28)39-44-37(25-11-5-3-6-12-25)43-38(45-39)26-13-7-4-8-14-26/h3-24H,1-2H3. The van der Waals surface area contributed by atoms with E-state index in [1.165, 1.54) is 16.3 Å². The second-order valence-corrected chi connectivity index (χ2v) is 12.2. The van der Waals surface area contributed by atoms with Crippen molar-refractivity contribution in [3.8, 4) is 51.1 Å². The first-order chi connectivity index (χ1) is 22.6. The number of aromatic nitrogens is 6. The van der Waals surface area contributed by atoms with Crippen LogP contribution in [0, 0.1) is 0 Å². The zero-order valence-corrected chi connectivity index (χ0v) is 25.4. The zero-order valence-electron chi connectivity index (χ0n) is 25.4. The van der Waals surface area contributed by atoms with Crippen LogP contribution in [0.2, 0.25) is 0 Å². The van der Waals surface area contributed by atoms with Crippen LogP contribution in [0.4, 0.5) is 0 Å². The Morgan fingerprint density at radius 1 is 0.522 bits per heavy atom. The Morgan fingerprint density at radius 2 is 1.09 bits per heavy atom. The maximum atomic E-state index is 4.93. The van der Waals surface area contributed by atoms with Crippen molar-refractivity contribution in [1.29, 1.82) is 0 Å². The summed E-state index contributed by atoms with van der Waals surface area (Å²) < 4.78 is 2.35. The molecule has 3 aromatic heterocycles. The van der Waals surface area contributed by atoms with Gasteiger partial charge in [-0.3, -0.25) is 9.97 Å². The quantitative estimate of drug-likeness (QED) is 0.204. The molecule has 5 aromatic carbocycles. The lowest BCUT2D eigenvalue weighted by Crippen LogP contribution is -2.16. The van der Waals surface area contributed by atoms with E-state index in [1.54, 1.807) is 12.4 Å². The molecular weight excluding hydrogens is 564 g/mol. The predicted octanol–water partition coefficient (Wildman–Crippen LogP) is 9.07. The summed E-state index contributed by atoms with van der Waals surface area (Å²) in [5.41, 5.74) is 10.4. The highest BCUT2D eigenvalue weighted by Gasteiger charge is 2.38. The van der Waals surface area contributed by atoms with Gasteiger partial charge < -0.3 is 4.57 Å². The second-order valence-electron chi connectivity index (χ2n) is 12.2. The van der Waals surface area contributed by atoms with Gasteiger partial charge in [-0.15, -0.1) is 0 Å². The third-order valence-electron chi connectivity index (χ3n) is 9.11. The lowest BCUT2D eigenvalue weighted by Gasteiger charge is -2.20. The first-order valence-electron chi connectivity index (χ1n) is 15.4. The van der Waals surface area contributed by atoms with E-state index in [9.17, 15) is 0 Å². The van der Waals surface area contributed by atoms with E-state index >= 15 is 0 Å². The van der Waals surface area contributed by atoms with Gasteiger partial charge in [-0.05, 0) is 48.0 Å². The van der Waals surface area contributed by atoms with Gasteiger partial charge in [-0.1, -0.05) is 92.7 Å². The fraction of sp³-hybridized carbons (Fsp3) is 0.0750. The molecule has 0 spiro atoms. The van der Waals surface area contributed by atoms with Gasteiger partial charge in [0.2, 0.25) is 0 Å². The summed E-state index contributed by atoms with van der Waals surface area (Å²) >= 11 is 0. The summed E-state index contributed by atoms with van der Waals surface area (Å²) in [5.74, 6) is 1.94. The van der Waals surface area contributed by atoms with Crippen molar-refractivity contribution < 1.29 is 0 Å². The summed E-state index contributed by atoms with van der Waals surface area (Å²) in [6, 6.07) is 41.9. The van der Waals surface area contributed by atoms with Crippen molar-refractivity contribution in [2.24, 2.45) is 0 Å². The monoisotopic (exact) mass is 592 g/mol. The van der Waals surface area contributed by atoms with Crippen LogP contribution in [0.1, 0.15) is 25.1 Å². The van der Waals surface area contributed by atoms with Crippen LogP contribution in [-0.4, -0.2) is 29.5 Å². The van der Waals surface area contributed by atoms with Gasteiger partial charge in [0.25, 0.3) is 0 Å². The van der Waals surface area contributed by atoms with Crippen molar-refractivity contribution in [2.75, 3.05) is 0 Å². The van der Waals surface area contributed by atoms with Crippen molar-refractivity contribution in [1.82, 2.24) is 29.5 Å². The molecule has 1 aliphatic carbocycles. The Labute approximate surface area is 266 Å². The smallest absolute Gasteiger partial charge is 0.164 e. The average Bonchev–Trinajstić information content (AvgIpc) is 3.56. The van der Waals surface area contributed by atoms with Crippen molar-refractivity contribution in [2.45, 2.75) is 19.3 Å². The molecule has 0 radical (unpaired) electrons. The van der Waals surface area contributed by atoms with Crippen LogP contribution < -0.4 is 0 Å². The predicted molar refractivity (Wildman–Crippen MR) is 184 cm³/mol. The van der Waals surface area contributed by atoms with Crippen LogP contribution in [0.25, 0.3) is 72.9 Å². The first kappa shape index (κ1) is 26.4. The summed E-state index contributed by atoms with van der Waals surface area (Å²) in [6.45, 7) is 4.48. The van der Waals surface area contributed by atoms with Crippen LogP contribution in [0.3, 0.4) is 0 Å². The maximum Gasteiger partial charge on any atom is 0.164 e. The van der Waals surface area contributed by atoms with Gasteiger partial charge in [0, 0.05) is 56.5 Å². The Balaban J connectivity index is 1.20. The Morgan fingerprint density at radius 3 is 1.74 bits per heavy atom. The van der Waals surface area contributed by atoms with Gasteiger partial charge in [-0.2, -0.15) is 0 Å². The van der Waals surface area contributed by atoms with Crippen molar-refractivity contribution in [3.63, 3.8) is 0 Å². The molecule has 0 amide bonds. The molecule has 0 atom stereocenters. The highest BCUT2D eigenvalue weighted by molar-refractivity contribution is 6.11. The Bertz CT molecular complexity index is 2370. The molecule has 3 heterocycles. The molecule has 1 aliphatic rings. The number of fused-ring (bicyclic) bond motifs is 6. The molecule has 46 heavy (non-hydrogen) atoms. The first-order valence-corrected chi connectivity index (χ1v) is 15.4. The summed E-state index contributed by atoms with van der Waals surface area (Å²) in [5, 5.41) is 2.40. The molecule has 0 fully saturated rings. The third-order valence-corrected chi connectivity index (χ3v) is 9.11. The topological polar surface area (TPSA) is 69.4 Å². The van der Waals surface area contributed by atoms with E-state index < -0.39 is 0 Å². The van der Waals surface area contributed by atoms with E-state index in [0.29, 0.717) is 17.5 Å². The highest BCUT2D eigenvalue weighted by Crippen LogP contribution is 2.49. The van der Waals surface area contributed by atoms with Gasteiger partial charge in [0.15, 0.2) is 17.5 Å². The molecule has 9 rings (SSSR count). The van der Waals surface area contributed by atoms with Crippen molar-refractivity contribution in [3.05, 3.63) is 145 Å². The van der Waals surface area contributed by atoms with E-state index in [-0.39, 0.29) is 5.41 Å². The highest BCUT2D eigenvalue weighted by atomic mass is 15.0. The minimum atomic E-state index is -0.246. The number of hydrogen-bond donors (Lipinski definition) is 0. The Kier molecular flexibility index (Phi) is 5.74. The van der Waals surface area contributed by atoms with Crippen LogP contribution in [0.15, 0.2) is 134 Å². The molecule has 0 N–H and O–H groups in total. The fourth-order valence-electron chi connectivity index (χ4n) is 6.82. The van der Waals surface area contributed by atoms with E-state index in [2.05, 4.69) is 79.1 Å². The van der Waals surface area contributed by atoms with Gasteiger partial charge in [-0.25, -0.2) is 15.0 Å². The van der Waals surface area contributed by atoms with Gasteiger partial charge in [0.1, 0.15) is 0 Å². The molecule has 218 valence electrons. The van der Waals surface area contributed by atoms with E-state index in [0.717, 1.165) is 50.4 Å². The molecule has 6 nitrogen and oxygen atoms in total. The molecule has 0 saturated carbocycles. The SMILES string of the molecule is CC1(C)c2cc3c(cc2-c2nccnc21)c1ccccc1n3-c1ccc(-c2nc(-c3ccccc3)nc(-c3ccccc3)n2)cc1. The second kappa shape index (κ2) is 10.0. The number of hydrogen-bond acceptors (Lipinski definition) is 5. The average molecular weight is 593 g/mol. The molecule has 8 aromatic rings. The minimum Gasteiger partial charge on any atom is -0.309 e. The summed E-state index contributed by atoms with van der Waals surface area (Å²) in [4.78, 5) is 24.2. The normalized spacial score (nSPS) is 13.2. The number of benzene rings is 5. The number of nitrogens with zero attached hydrogens (tertiary/aromatic N) is 6. The Hall–Kier alpha value is -6.01. The zero-order chi connectivity index (χ0) is 30.8. The van der Waals surface area contributed by atoms with Gasteiger partial charge in [0.05, 0.1) is 22.4 Å². The molecule has 0 bridgehead atoms. The summed E-state index contributed by atoms with van der Waals surface area (Å²) in [6.07, 6.45) is 3.58. The van der Waals surface area contributed by atoms with Crippen LogP contribution >= 0.6 is 0 Å². The largest absolute Gasteiger partial charge is 0.309 e. The minimum absolute atomic E-state index is 0.246. The van der Waals surface area contributed by atoms with E-state index in [1.807, 2.05) is 60.7 Å². The van der Waals surface area contributed by atoms with Gasteiger partial charge >= 0.3 is 0 Å². The molecule has 6 heteroatoms. The number of rotatable bonds is 4. The fourth-order valence-corrected chi connectivity index (χ4v) is 6.82. The lowest BCUT2D eigenvalue weighted by molar-refractivity contribution is 0.635. The van der Waals surface area contributed by atoms with Crippen LogP contribution in [0.5, 0.6) is 0 Å². The molecule has 0 saturated heterocycles. The lowest BCUT2D eigenvalue weighted by atomic mass is 9.85.